The van der Waals surface area contributed by atoms with Gasteiger partial charge in [-0.2, -0.15) is 0 Å². The van der Waals surface area contributed by atoms with E-state index in [4.69, 9.17) is 27.9 Å². The number of aromatic nitrogens is 3. The van der Waals surface area contributed by atoms with E-state index < -0.39 is 16.1 Å². The Balaban J connectivity index is 1.83. The zero-order valence-electron chi connectivity index (χ0n) is 16.5. The Morgan fingerprint density at radius 1 is 1.16 bits per heavy atom. The number of amides is 1. The fraction of sp³-hybridized carbons (Fsp3) is 0.211. The molecular weight excluding hydrogens is 465 g/mol. The number of sulfonamides is 1. The van der Waals surface area contributed by atoms with Gasteiger partial charge in [0.15, 0.2) is 5.82 Å². The first-order valence-corrected chi connectivity index (χ1v) is 11.4. The molecule has 2 aromatic carbocycles. The molecule has 0 radical (unpaired) electrons. The predicted molar refractivity (Wildman–Crippen MR) is 117 cm³/mol. The van der Waals surface area contributed by atoms with Crippen molar-refractivity contribution in [1.29, 1.82) is 0 Å². The minimum atomic E-state index is -3.89. The summed E-state index contributed by atoms with van der Waals surface area (Å²) in [6, 6.07) is 10.3. The molecule has 1 heterocycles. The lowest BCUT2D eigenvalue weighted by molar-refractivity contribution is -0.105. The van der Waals surface area contributed by atoms with E-state index in [1.54, 1.807) is 35.8 Å². The first-order valence-electron chi connectivity index (χ1n) is 9.13. The largest absolute Gasteiger partial charge is 0.424 e. The molecule has 0 aliphatic rings. The number of benzene rings is 2. The standard InChI is InChI=1S/C19H19Cl2N5O4S/c1-3-26-18(12(2)25-31(28,29)15-7-8-16(20)17(21)10-15)23-24-19(26)30-14-6-4-5-13(9-14)22-11-27/h4-12,25H,3H2,1-2H3,(H,22,27)/t12-/m1/s1. The van der Waals surface area contributed by atoms with Crippen LogP contribution in [-0.2, 0) is 21.4 Å². The summed E-state index contributed by atoms with van der Waals surface area (Å²) in [4.78, 5) is 10.6. The second-order valence-corrected chi connectivity index (χ2v) is 8.92. The summed E-state index contributed by atoms with van der Waals surface area (Å²) in [6.07, 6.45) is 0.563. The summed E-state index contributed by atoms with van der Waals surface area (Å²) in [7, 11) is -3.89. The van der Waals surface area contributed by atoms with Crippen LogP contribution in [0.4, 0.5) is 5.69 Å². The normalized spacial score (nSPS) is 12.4. The van der Waals surface area contributed by atoms with Crippen LogP contribution >= 0.6 is 23.2 Å². The van der Waals surface area contributed by atoms with Gasteiger partial charge in [-0.3, -0.25) is 9.36 Å². The second kappa shape index (κ2) is 9.65. The van der Waals surface area contributed by atoms with Gasteiger partial charge in [-0.05, 0) is 44.2 Å². The van der Waals surface area contributed by atoms with Crippen LogP contribution in [0.2, 0.25) is 10.0 Å². The topological polar surface area (TPSA) is 115 Å². The van der Waals surface area contributed by atoms with E-state index >= 15 is 0 Å². The van der Waals surface area contributed by atoms with E-state index in [0.717, 1.165) is 0 Å². The number of nitrogens with zero attached hydrogens (tertiary/aromatic N) is 3. The van der Waals surface area contributed by atoms with Gasteiger partial charge in [0, 0.05) is 18.3 Å². The molecule has 0 aliphatic carbocycles. The van der Waals surface area contributed by atoms with Gasteiger partial charge in [0.1, 0.15) is 5.75 Å². The molecule has 0 saturated carbocycles. The number of hydrogen-bond donors (Lipinski definition) is 2. The van der Waals surface area contributed by atoms with Crippen molar-refractivity contribution in [3.05, 3.63) is 58.3 Å². The Bertz CT molecular complexity index is 1200. The van der Waals surface area contributed by atoms with Crippen molar-refractivity contribution in [2.45, 2.75) is 31.3 Å². The van der Waals surface area contributed by atoms with Crippen molar-refractivity contribution in [3.8, 4) is 11.8 Å². The minimum Gasteiger partial charge on any atom is -0.424 e. The fourth-order valence-electron chi connectivity index (χ4n) is 2.81. The Morgan fingerprint density at radius 2 is 1.94 bits per heavy atom. The van der Waals surface area contributed by atoms with E-state index in [9.17, 15) is 13.2 Å². The average molecular weight is 484 g/mol. The van der Waals surface area contributed by atoms with Gasteiger partial charge in [-0.15, -0.1) is 5.10 Å². The quantitative estimate of drug-likeness (QED) is 0.444. The number of nitrogens with one attached hydrogen (secondary N) is 2. The van der Waals surface area contributed by atoms with Crippen molar-refractivity contribution >= 4 is 45.3 Å². The van der Waals surface area contributed by atoms with Crippen LogP contribution in [0.25, 0.3) is 0 Å². The van der Waals surface area contributed by atoms with E-state index in [0.29, 0.717) is 30.2 Å². The SMILES string of the molecule is CCn1c(Oc2cccc(NC=O)c2)nnc1[C@@H](C)NS(=O)(=O)c1ccc(Cl)c(Cl)c1. The molecule has 3 rings (SSSR count). The molecule has 0 unspecified atom stereocenters. The summed E-state index contributed by atoms with van der Waals surface area (Å²) in [6.45, 7) is 3.93. The van der Waals surface area contributed by atoms with Crippen molar-refractivity contribution in [2.24, 2.45) is 0 Å². The molecular formula is C19H19Cl2N5O4S. The van der Waals surface area contributed by atoms with Crippen molar-refractivity contribution in [3.63, 3.8) is 0 Å². The molecule has 31 heavy (non-hydrogen) atoms. The third-order valence-corrected chi connectivity index (χ3v) is 6.53. The maximum absolute atomic E-state index is 12.7. The maximum Gasteiger partial charge on any atom is 0.322 e. The van der Waals surface area contributed by atoms with Gasteiger partial charge < -0.3 is 10.1 Å². The monoisotopic (exact) mass is 483 g/mol. The zero-order chi connectivity index (χ0) is 22.6. The highest BCUT2D eigenvalue weighted by Gasteiger charge is 2.24. The molecule has 0 aliphatic heterocycles. The first-order chi connectivity index (χ1) is 14.7. The summed E-state index contributed by atoms with van der Waals surface area (Å²) < 4.78 is 35.5. The van der Waals surface area contributed by atoms with Crippen LogP contribution in [0.1, 0.15) is 25.7 Å². The maximum atomic E-state index is 12.7. The highest BCUT2D eigenvalue weighted by atomic mass is 35.5. The number of rotatable bonds is 9. The molecule has 2 N–H and O–H groups in total. The Hall–Kier alpha value is -2.66. The van der Waals surface area contributed by atoms with Gasteiger partial charge in [-0.1, -0.05) is 34.4 Å². The number of carbonyl (C=O) groups excluding carboxylic acids is 1. The summed E-state index contributed by atoms with van der Waals surface area (Å²) >= 11 is 11.8. The second-order valence-electron chi connectivity index (χ2n) is 6.40. The number of hydrogen-bond acceptors (Lipinski definition) is 6. The van der Waals surface area contributed by atoms with E-state index in [1.165, 1.54) is 18.2 Å². The fourth-order valence-corrected chi connectivity index (χ4v) is 4.40. The van der Waals surface area contributed by atoms with Gasteiger partial charge in [-0.25, -0.2) is 13.1 Å². The predicted octanol–water partition coefficient (Wildman–Crippen LogP) is 4.00. The molecule has 0 saturated heterocycles. The van der Waals surface area contributed by atoms with Crippen LogP contribution in [0.5, 0.6) is 11.8 Å². The van der Waals surface area contributed by atoms with E-state index in [-0.39, 0.29) is 21.0 Å². The molecule has 12 heteroatoms. The van der Waals surface area contributed by atoms with Crippen molar-refractivity contribution in [2.75, 3.05) is 5.32 Å². The van der Waals surface area contributed by atoms with Crippen LogP contribution in [0.15, 0.2) is 47.4 Å². The van der Waals surface area contributed by atoms with E-state index in [2.05, 4.69) is 20.2 Å². The number of halogens is 2. The van der Waals surface area contributed by atoms with Crippen LogP contribution < -0.4 is 14.8 Å². The molecule has 0 spiro atoms. The third kappa shape index (κ3) is 5.34. The Kier molecular flexibility index (Phi) is 7.16. The summed E-state index contributed by atoms with van der Waals surface area (Å²) in [5.74, 6) is 0.799. The Morgan fingerprint density at radius 3 is 2.61 bits per heavy atom. The molecule has 0 bridgehead atoms. The minimum absolute atomic E-state index is 0.0210. The molecule has 0 fully saturated rings. The van der Waals surface area contributed by atoms with Crippen LogP contribution in [0.3, 0.4) is 0 Å². The highest BCUT2D eigenvalue weighted by Crippen LogP contribution is 2.27. The highest BCUT2D eigenvalue weighted by molar-refractivity contribution is 7.89. The lowest BCUT2D eigenvalue weighted by atomic mass is 10.3. The van der Waals surface area contributed by atoms with Gasteiger partial charge in [0.25, 0.3) is 0 Å². The summed E-state index contributed by atoms with van der Waals surface area (Å²) in [5.41, 5.74) is 0.554. The molecule has 1 atom stereocenters. The number of ether oxygens (including phenoxy) is 1. The lowest BCUT2D eigenvalue weighted by Gasteiger charge is -2.15. The zero-order valence-corrected chi connectivity index (χ0v) is 18.9. The average Bonchev–Trinajstić information content (AvgIpc) is 3.13. The summed E-state index contributed by atoms with van der Waals surface area (Å²) in [5, 5.41) is 11.1. The smallest absolute Gasteiger partial charge is 0.322 e. The van der Waals surface area contributed by atoms with Crippen LogP contribution in [-0.4, -0.2) is 29.6 Å². The number of anilines is 1. The molecule has 1 amide bonds. The van der Waals surface area contributed by atoms with Gasteiger partial charge in [0.2, 0.25) is 16.4 Å². The molecule has 164 valence electrons. The molecule has 1 aromatic heterocycles. The third-order valence-electron chi connectivity index (χ3n) is 4.25. The number of carbonyl (C=O) groups is 1. The molecule has 9 nitrogen and oxygen atoms in total. The van der Waals surface area contributed by atoms with Gasteiger partial charge in [0.05, 0.1) is 21.0 Å². The van der Waals surface area contributed by atoms with E-state index in [1.807, 2.05) is 6.92 Å². The molecule has 3 aromatic rings. The van der Waals surface area contributed by atoms with Crippen LogP contribution in [0, 0.1) is 0 Å². The van der Waals surface area contributed by atoms with Gasteiger partial charge >= 0.3 is 6.01 Å². The first kappa shape index (κ1) is 23.0. The van der Waals surface area contributed by atoms with Crippen molar-refractivity contribution in [1.82, 2.24) is 19.5 Å². The Labute approximate surface area is 189 Å². The van der Waals surface area contributed by atoms with Crippen molar-refractivity contribution < 1.29 is 17.9 Å². The lowest BCUT2D eigenvalue weighted by Crippen LogP contribution is -2.29.